The SMILES string of the molecule is CCCN(CCCN)c1ccc(C(=O)NCC)nn1. The van der Waals surface area contributed by atoms with Crippen LogP contribution >= 0.6 is 0 Å². The number of carbonyl (C=O) groups excluding carboxylic acids is 1. The molecule has 1 heterocycles. The van der Waals surface area contributed by atoms with E-state index < -0.39 is 0 Å². The third kappa shape index (κ3) is 4.82. The predicted octanol–water partition coefficient (Wildman–Crippen LogP) is 0.791. The summed E-state index contributed by atoms with van der Waals surface area (Å²) in [5, 5.41) is 10.8. The molecule has 0 fully saturated rings. The molecule has 0 spiro atoms. The molecule has 0 aromatic carbocycles. The minimum absolute atomic E-state index is 0.189. The minimum atomic E-state index is -0.189. The van der Waals surface area contributed by atoms with Gasteiger partial charge in [-0.05, 0) is 38.4 Å². The van der Waals surface area contributed by atoms with Crippen LogP contribution in [0.25, 0.3) is 0 Å². The quantitative estimate of drug-likeness (QED) is 0.726. The molecule has 1 aromatic heterocycles. The largest absolute Gasteiger partial charge is 0.355 e. The standard InChI is InChI=1S/C13H23N5O/c1-3-9-18(10-5-8-14)12-7-6-11(16-17-12)13(19)15-4-2/h6-7H,3-5,8-10,14H2,1-2H3,(H,15,19). The summed E-state index contributed by atoms with van der Waals surface area (Å²) in [6.45, 7) is 7.00. The number of hydrogen-bond donors (Lipinski definition) is 2. The molecule has 0 bridgehead atoms. The molecule has 0 saturated heterocycles. The number of anilines is 1. The molecule has 106 valence electrons. The van der Waals surface area contributed by atoms with Crippen LogP contribution < -0.4 is 16.0 Å². The Kier molecular flexibility index (Phi) is 6.81. The van der Waals surface area contributed by atoms with Gasteiger partial charge in [-0.25, -0.2) is 0 Å². The number of amides is 1. The van der Waals surface area contributed by atoms with Crippen LogP contribution in [0.5, 0.6) is 0 Å². The van der Waals surface area contributed by atoms with Gasteiger partial charge in [-0.15, -0.1) is 10.2 Å². The average molecular weight is 265 g/mol. The van der Waals surface area contributed by atoms with Crippen molar-refractivity contribution in [3.63, 3.8) is 0 Å². The van der Waals surface area contributed by atoms with Crippen molar-refractivity contribution in [2.45, 2.75) is 26.7 Å². The van der Waals surface area contributed by atoms with Gasteiger partial charge in [0.2, 0.25) is 0 Å². The molecule has 0 aliphatic heterocycles. The summed E-state index contributed by atoms with van der Waals surface area (Å²) < 4.78 is 0. The van der Waals surface area contributed by atoms with Crippen molar-refractivity contribution in [2.75, 3.05) is 31.1 Å². The lowest BCUT2D eigenvalue weighted by Gasteiger charge is -2.22. The number of nitrogens with one attached hydrogen (secondary N) is 1. The number of rotatable bonds is 8. The maximum absolute atomic E-state index is 11.6. The van der Waals surface area contributed by atoms with E-state index in [1.807, 2.05) is 13.0 Å². The van der Waals surface area contributed by atoms with E-state index in [9.17, 15) is 4.79 Å². The number of nitrogens with two attached hydrogens (primary N) is 1. The molecule has 6 heteroatoms. The Morgan fingerprint density at radius 1 is 1.32 bits per heavy atom. The van der Waals surface area contributed by atoms with Crippen LogP contribution in [-0.2, 0) is 0 Å². The Morgan fingerprint density at radius 2 is 2.11 bits per heavy atom. The van der Waals surface area contributed by atoms with Gasteiger partial charge in [0.1, 0.15) is 0 Å². The normalized spacial score (nSPS) is 10.3. The summed E-state index contributed by atoms with van der Waals surface area (Å²) in [5.74, 6) is 0.605. The number of aromatic nitrogens is 2. The van der Waals surface area contributed by atoms with Crippen molar-refractivity contribution in [1.29, 1.82) is 0 Å². The Hall–Kier alpha value is -1.69. The van der Waals surface area contributed by atoms with Crippen LogP contribution in [0.15, 0.2) is 12.1 Å². The molecule has 6 nitrogen and oxygen atoms in total. The third-order valence-electron chi connectivity index (χ3n) is 2.67. The molecule has 0 unspecified atom stereocenters. The molecule has 0 aliphatic rings. The number of nitrogens with zero attached hydrogens (tertiary/aromatic N) is 3. The zero-order chi connectivity index (χ0) is 14.1. The Balaban J connectivity index is 2.73. The Bertz CT molecular complexity index is 379. The van der Waals surface area contributed by atoms with E-state index in [-0.39, 0.29) is 5.91 Å². The van der Waals surface area contributed by atoms with Gasteiger partial charge in [-0.3, -0.25) is 4.79 Å². The number of carbonyl (C=O) groups is 1. The fourth-order valence-corrected chi connectivity index (χ4v) is 1.76. The van der Waals surface area contributed by atoms with Gasteiger partial charge in [-0.2, -0.15) is 0 Å². The highest BCUT2D eigenvalue weighted by atomic mass is 16.1. The van der Waals surface area contributed by atoms with Crippen LogP contribution in [0.4, 0.5) is 5.82 Å². The van der Waals surface area contributed by atoms with Gasteiger partial charge in [0.15, 0.2) is 11.5 Å². The molecule has 1 aromatic rings. The van der Waals surface area contributed by atoms with Crippen molar-refractivity contribution in [1.82, 2.24) is 15.5 Å². The van der Waals surface area contributed by atoms with E-state index in [1.165, 1.54) is 0 Å². The van der Waals surface area contributed by atoms with Crippen LogP contribution in [0.3, 0.4) is 0 Å². The summed E-state index contributed by atoms with van der Waals surface area (Å²) in [4.78, 5) is 13.7. The lowest BCUT2D eigenvalue weighted by Crippen LogP contribution is -2.29. The van der Waals surface area contributed by atoms with Gasteiger partial charge >= 0.3 is 0 Å². The lowest BCUT2D eigenvalue weighted by molar-refractivity contribution is 0.0950. The first-order chi connectivity index (χ1) is 9.22. The molecule has 1 amide bonds. The average Bonchev–Trinajstić information content (AvgIpc) is 2.44. The summed E-state index contributed by atoms with van der Waals surface area (Å²) in [5.41, 5.74) is 5.88. The van der Waals surface area contributed by atoms with Gasteiger partial charge in [0.05, 0.1) is 0 Å². The topological polar surface area (TPSA) is 84.1 Å². The third-order valence-corrected chi connectivity index (χ3v) is 2.67. The Labute approximate surface area is 114 Å². The highest BCUT2D eigenvalue weighted by Gasteiger charge is 2.10. The lowest BCUT2D eigenvalue weighted by atomic mass is 10.3. The molecule has 0 radical (unpaired) electrons. The summed E-state index contributed by atoms with van der Waals surface area (Å²) in [6.07, 6.45) is 1.95. The van der Waals surface area contributed by atoms with E-state index in [1.54, 1.807) is 6.07 Å². The van der Waals surface area contributed by atoms with Gasteiger partial charge in [0.25, 0.3) is 5.91 Å². The maximum atomic E-state index is 11.6. The predicted molar refractivity (Wildman–Crippen MR) is 76.2 cm³/mol. The minimum Gasteiger partial charge on any atom is -0.355 e. The molecule has 0 aliphatic carbocycles. The summed E-state index contributed by atoms with van der Waals surface area (Å²) >= 11 is 0. The van der Waals surface area contributed by atoms with Crippen molar-refractivity contribution in [3.05, 3.63) is 17.8 Å². The first kappa shape index (κ1) is 15.4. The second-order valence-electron chi connectivity index (χ2n) is 4.27. The molecular weight excluding hydrogens is 242 g/mol. The fourth-order valence-electron chi connectivity index (χ4n) is 1.76. The summed E-state index contributed by atoms with van der Waals surface area (Å²) in [6, 6.07) is 3.54. The molecular formula is C13H23N5O. The highest BCUT2D eigenvalue weighted by molar-refractivity contribution is 5.92. The summed E-state index contributed by atoms with van der Waals surface area (Å²) in [7, 11) is 0. The van der Waals surface area contributed by atoms with E-state index in [2.05, 4.69) is 27.3 Å². The molecule has 0 atom stereocenters. The van der Waals surface area contributed by atoms with Crippen LogP contribution in [0.1, 0.15) is 37.2 Å². The van der Waals surface area contributed by atoms with Gasteiger partial charge in [0, 0.05) is 19.6 Å². The Morgan fingerprint density at radius 3 is 2.63 bits per heavy atom. The molecule has 1 rings (SSSR count). The maximum Gasteiger partial charge on any atom is 0.271 e. The highest BCUT2D eigenvalue weighted by Crippen LogP contribution is 2.10. The van der Waals surface area contributed by atoms with Crippen molar-refractivity contribution >= 4 is 11.7 Å². The second-order valence-corrected chi connectivity index (χ2v) is 4.27. The van der Waals surface area contributed by atoms with Crippen LogP contribution in [0, 0.1) is 0 Å². The number of hydrogen-bond acceptors (Lipinski definition) is 5. The monoisotopic (exact) mass is 265 g/mol. The smallest absolute Gasteiger partial charge is 0.271 e. The fraction of sp³-hybridized carbons (Fsp3) is 0.615. The molecule has 0 saturated carbocycles. The van der Waals surface area contributed by atoms with Gasteiger partial charge in [-0.1, -0.05) is 6.92 Å². The van der Waals surface area contributed by atoms with E-state index in [0.717, 1.165) is 31.7 Å². The first-order valence-electron chi connectivity index (χ1n) is 6.79. The second kappa shape index (κ2) is 8.42. The van der Waals surface area contributed by atoms with Crippen molar-refractivity contribution in [2.24, 2.45) is 5.73 Å². The van der Waals surface area contributed by atoms with Crippen LogP contribution in [0.2, 0.25) is 0 Å². The van der Waals surface area contributed by atoms with E-state index in [4.69, 9.17) is 5.73 Å². The van der Waals surface area contributed by atoms with Gasteiger partial charge < -0.3 is 16.0 Å². The van der Waals surface area contributed by atoms with E-state index >= 15 is 0 Å². The van der Waals surface area contributed by atoms with E-state index in [0.29, 0.717) is 18.8 Å². The first-order valence-corrected chi connectivity index (χ1v) is 6.79. The van der Waals surface area contributed by atoms with Crippen LogP contribution in [-0.4, -0.2) is 42.3 Å². The zero-order valence-electron chi connectivity index (χ0n) is 11.7. The van der Waals surface area contributed by atoms with Crippen molar-refractivity contribution in [3.8, 4) is 0 Å². The van der Waals surface area contributed by atoms with Crippen molar-refractivity contribution < 1.29 is 4.79 Å². The molecule has 19 heavy (non-hydrogen) atoms. The zero-order valence-corrected chi connectivity index (χ0v) is 11.7. The molecule has 3 N–H and O–H groups in total.